The van der Waals surface area contributed by atoms with Crippen LogP contribution < -0.4 is 4.31 Å². The zero-order valence-electron chi connectivity index (χ0n) is 16.4. The van der Waals surface area contributed by atoms with Crippen LogP contribution in [0.2, 0.25) is 0 Å². The predicted molar refractivity (Wildman–Crippen MR) is 111 cm³/mol. The molecule has 8 heteroatoms. The number of sulfonamides is 1. The number of hydrogen-bond acceptors (Lipinski definition) is 5. The monoisotopic (exact) mass is 407 g/mol. The summed E-state index contributed by atoms with van der Waals surface area (Å²) in [6, 6.07) is 17.6. The van der Waals surface area contributed by atoms with E-state index in [-0.39, 0.29) is 11.4 Å². The van der Waals surface area contributed by atoms with Crippen LogP contribution in [-0.4, -0.2) is 28.0 Å². The van der Waals surface area contributed by atoms with E-state index in [4.69, 9.17) is 0 Å². The van der Waals surface area contributed by atoms with Crippen molar-refractivity contribution < 1.29 is 8.42 Å². The van der Waals surface area contributed by atoms with Crippen molar-refractivity contribution in [3.63, 3.8) is 0 Å². The first kappa shape index (κ1) is 19.1. The Hall–Kier alpha value is -3.26. The number of fused-ring (bicyclic) bond motifs is 1. The average Bonchev–Trinajstić information content (AvgIpc) is 3.10. The first-order valence-corrected chi connectivity index (χ1v) is 10.6. The van der Waals surface area contributed by atoms with Crippen molar-refractivity contribution in [2.24, 2.45) is 0 Å². The second-order valence-corrected chi connectivity index (χ2v) is 8.80. The molecule has 0 radical (unpaired) electrons. The van der Waals surface area contributed by atoms with Crippen LogP contribution in [0.4, 0.5) is 5.69 Å². The fraction of sp³-hybridized carbons (Fsp3) is 0.190. The van der Waals surface area contributed by atoms with E-state index in [0.29, 0.717) is 17.3 Å². The van der Waals surface area contributed by atoms with E-state index < -0.39 is 10.0 Å². The molecule has 2 aromatic heterocycles. The molecule has 4 rings (SSSR count). The molecule has 0 unspecified atom stereocenters. The Morgan fingerprint density at radius 1 is 0.931 bits per heavy atom. The molecule has 0 saturated heterocycles. The van der Waals surface area contributed by atoms with Gasteiger partial charge in [-0.1, -0.05) is 35.9 Å². The van der Waals surface area contributed by atoms with Gasteiger partial charge in [0, 0.05) is 11.4 Å². The van der Waals surface area contributed by atoms with E-state index in [1.54, 1.807) is 47.0 Å². The van der Waals surface area contributed by atoms with Crippen LogP contribution in [0, 0.1) is 20.8 Å². The summed E-state index contributed by atoms with van der Waals surface area (Å²) in [5.41, 5.74) is 3.33. The molecule has 29 heavy (non-hydrogen) atoms. The lowest BCUT2D eigenvalue weighted by Crippen LogP contribution is -2.31. The van der Waals surface area contributed by atoms with Crippen LogP contribution in [-0.2, 0) is 16.6 Å². The smallest absolute Gasteiger partial charge is 0.259 e. The highest BCUT2D eigenvalue weighted by Crippen LogP contribution is 2.25. The normalized spacial score (nSPS) is 11.7. The topological polar surface area (TPSA) is 80.5 Å². The number of hydrogen-bond donors (Lipinski definition) is 0. The number of aromatic nitrogens is 4. The molecule has 4 aromatic rings. The molecule has 0 amide bonds. The Labute approximate surface area is 169 Å². The third kappa shape index (κ3) is 3.71. The number of benzene rings is 2. The van der Waals surface area contributed by atoms with E-state index in [2.05, 4.69) is 15.1 Å². The van der Waals surface area contributed by atoms with Gasteiger partial charge in [0.1, 0.15) is 0 Å². The lowest BCUT2D eigenvalue weighted by atomic mass is 10.2. The Bertz CT molecular complexity index is 1270. The highest BCUT2D eigenvalue weighted by atomic mass is 32.2. The molecule has 0 aliphatic heterocycles. The van der Waals surface area contributed by atoms with Crippen molar-refractivity contribution in [3.8, 4) is 0 Å². The van der Waals surface area contributed by atoms with Crippen molar-refractivity contribution in [2.45, 2.75) is 32.2 Å². The summed E-state index contributed by atoms with van der Waals surface area (Å²) in [6.07, 6.45) is 0. The van der Waals surface area contributed by atoms with Crippen LogP contribution in [0.1, 0.15) is 22.8 Å². The number of aryl methyl sites for hydroxylation is 3. The largest absolute Gasteiger partial charge is 0.264 e. The highest BCUT2D eigenvalue weighted by molar-refractivity contribution is 7.92. The summed E-state index contributed by atoms with van der Waals surface area (Å²) in [4.78, 5) is 9.07. The van der Waals surface area contributed by atoms with Crippen molar-refractivity contribution in [1.82, 2.24) is 19.6 Å². The fourth-order valence-corrected chi connectivity index (χ4v) is 4.59. The number of nitrogens with zero attached hydrogens (tertiary/aromatic N) is 5. The van der Waals surface area contributed by atoms with Gasteiger partial charge in [-0.05, 0) is 51.1 Å². The van der Waals surface area contributed by atoms with Gasteiger partial charge in [-0.15, -0.1) is 5.10 Å². The van der Waals surface area contributed by atoms with Gasteiger partial charge in [0.15, 0.2) is 5.82 Å². The van der Waals surface area contributed by atoms with Crippen molar-refractivity contribution in [1.29, 1.82) is 0 Å². The molecule has 0 aliphatic carbocycles. The molecule has 0 spiro atoms. The minimum Gasteiger partial charge on any atom is -0.259 e. The molecule has 0 fully saturated rings. The van der Waals surface area contributed by atoms with Gasteiger partial charge in [0.05, 0.1) is 17.1 Å². The zero-order chi connectivity index (χ0) is 20.6. The minimum absolute atomic E-state index is 0.00212. The van der Waals surface area contributed by atoms with Gasteiger partial charge in [-0.3, -0.25) is 4.31 Å². The van der Waals surface area contributed by atoms with Crippen LogP contribution in [0.25, 0.3) is 5.78 Å². The molecule has 0 aliphatic rings. The Balaban J connectivity index is 1.81. The van der Waals surface area contributed by atoms with E-state index in [0.717, 1.165) is 17.0 Å². The second kappa shape index (κ2) is 7.29. The predicted octanol–water partition coefficient (Wildman–Crippen LogP) is 3.45. The molecule has 148 valence electrons. The van der Waals surface area contributed by atoms with Gasteiger partial charge < -0.3 is 0 Å². The highest BCUT2D eigenvalue weighted by Gasteiger charge is 2.26. The molecular formula is C21H21N5O2S. The molecule has 0 atom stereocenters. The third-order valence-electron chi connectivity index (χ3n) is 4.60. The van der Waals surface area contributed by atoms with E-state index in [1.165, 1.54) is 4.31 Å². The maximum Gasteiger partial charge on any atom is 0.264 e. The zero-order valence-corrected chi connectivity index (χ0v) is 17.3. The Kier molecular flexibility index (Phi) is 4.79. The van der Waals surface area contributed by atoms with Gasteiger partial charge in [-0.2, -0.15) is 4.98 Å². The summed E-state index contributed by atoms with van der Waals surface area (Å²) >= 11 is 0. The van der Waals surface area contributed by atoms with Crippen LogP contribution in [0.15, 0.2) is 65.6 Å². The molecule has 2 heterocycles. The van der Waals surface area contributed by atoms with E-state index >= 15 is 0 Å². The maximum absolute atomic E-state index is 13.4. The van der Waals surface area contributed by atoms with Crippen LogP contribution in [0.3, 0.4) is 0 Å². The van der Waals surface area contributed by atoms with Crippen LogP contribution in [0.5, 0.6) is 0 Å². The third-order valence-corrected chi connectivity index (χ3v) is 6.39. The molecule has 0 saturated carbocycles. The summed E-state index contributed by atoms with van der Waals surface area (Å²) in [5.74, 6) is 0.838. The first-order chi connectivity index (χ1) is 13.8. The first-order valence-electron chi connectivity index (χ1n) is 9.19. The van der Waals surface area contributed by atoms with Crippen molar-refractivity contribution in [3.05, 3.63) is 83.4 Å². The van der Waals surface area contributed by atoms with Crippen molar-refractivity contribution in [2.75, 3.05) is 4.31 Å². The Morgan fingerprint density at radius 3 is 2.31 bits per heavy atom. The lowest BCUT2D eigenvalue weighted by Gasteiger charge is -2.23. The fourth-order valence-electron chi connectivity index (χ4n) is 3.15. The lowest BCUT2D eigenvalue weighted by molar-refractivity contribution is 0.589. The molecule has 0 bridgehead atoms. The summed E-state index contributed by atoms with van der Waals surface area (Å²) < 4.78 is 29.8. The quantitative estimate of drug-likeness (QED) is 0.506. The van der Waals surface area contributed by atoms with E-state index in [9.17, 15) is 8.42 Å². The Morgan fingerprint density at radius 2 is 1.62 bits per heavy atom. The van der Waals surface area contributed by atoms with Gasteiger partial charge in [-0.25, -0.2) is 17.9 Å². The summed E-state index contributed by atoms with van der Waals surface area (Å²) in [5, 5.41) is 4.48. The molecule has 7 nitrogen and oxygen atoms in total. The van der Waals surface area contributed by atoms with Gasteiger partial charge in [0.2, 0.25) is 0 Å². The summed E-state index contributed by atoms with van der Waals surface area (Å²) in [7, 11) is -3.80. The van der Waals surface area contributed by atoms with Crippen molar-refractivity contribution >= 4 is 21.5 Å². The van der Waals surface area contributed by atoms with Gasteiger partial charge in [0.25, 0.3) is 15.8 Å². The molecule has 0 N–H and O–H groups in total. The SMILES string of the molecule is Cc1ccc(N(Cc2nc3nc(C)cc(C)n3n2)S(=O)(=O)c2ccccc2)cc1. The minimum atomic E-state index is -3.80. The number of anilines is 1. The molecular weight excluding hydrogens is 386 g/mol. The maximum atomic E-state index is 13.4. The van der Waals surface area contributed by atoms with Crippen LogP contribution >= 0.6 is 0 Å². The second-order valence-electron chi connectivity index (χ2n) is 6.94. The average molecular weight is 407 g/mol. The summed E-state index contributed by atoms with van der Waals surface area (Å²) in [6.45, 7) is 5.76. The standard InChI is InChI=1S/C21H21N5O2S/c1-15-9-11-18(12-10-15)25(29(27,28)19-7-5-4-6-8-19)14-20-23-21-22-16(2)13-17(3)26(21)24-20/h4-13H,14H2,1-3H3. The van der Waals surface area contributed by atoms with E-state index in [1.807, 2.05) is 39.0 Å². The number of rotatable bonds is 5. The molecule has 2 aromatic carbocycles. The van der Waals surface area contributed by atoms with Gasteiger partial charge >= 0.3 is 0 Å².